The van der Waals surface area contributed by atoms with Gasteiger partial charge in [-0.1, -0.05) is 25.7 Å². The largest absolute Gasteiger partial charge is 0.394 e. The zero-order chi connectivity index (χ0) is 27.2. The smallest absolute Gasteiger partial charge is 0.0836 e. The Bertz CT molecular complexity index is 697. The third kappa shape index (κ3) is 11.0. The third-order valence-corrected chi connectivity index (χ3v) is 9.19. The first-order valence-corrected chi connectivity index (χ1v) is 15.7. The summed E-state index contributed by atoms with van der Waals surface area (Å²) in [7, 11) is 0. The van der Waals surface area contributed by atoms with Crippen LogP contribution in [0.2, 0.25) is 0 Å². The van der Waals surface area contributed by atoms with E-state index in [2.05, 4.69) is 24.1 Å². The molecule has 1 saturated carbocycles. The van der Waals surface area contributed by atoms with E-state index < -0.39 is 6.10 Å². The molecule has 1 aliphatic heterocycles. The lowest BCUT2D eigenvalue weighted by Crippen LogP contribution is -2.44. The molecule has 0 amide bonds. The van der Waals surface area contributed by atoms with Crippen LogP contribution >= 0.6 is 0 Å². The molecule has 1 saturated heterocycles. The number of nitrogens with one attached hydrogen (secondary N) is 1. The van der Waals surface area contributed by atoms with Crippen molar-refractivity contribution in [1.29, 1.82) is 0 Å². The summed E-state index contributed by atoms with van der Waals surface area (Å²) in [6.45, 7) is 4.21. The van der Waals surface area contributed by atoms with Crippen LogP contribution in [0.5, 0.6) is 0 Å². The highest BCUT2D eigenvalue weighted by Gasteiger charge is 2.33. The number of hydrogen-bond donors (Lipinski definition) is 5. The first kappa shape index (κ1) is 31.8. The van der Waals surface area contributed by atoms with E-state index in [4.69, 9.17) is 15.2 Å². The first-order chi connectivity index (χ1) is 18.5. The van der Waals surface area contributed by atoms with E-state index in [1.165, 1.54) is 6.42 Å². The van der Waals surface area contributed by atoms with Gasteiger partial charge in [-0.3, -0.25) is 0 Å². The number of piperidine rings is 1. The SMILES string of the molecule is CC[C@@H]1C#CC[C@H]([C@H](O)CCC2CCC(O)C(OCCCC3CCNC(N)C3)C2)[C@@H](OCCO)CCCC1. The zero-order valence-electron chi connectivity index (χ0n) is 23.9. The minimum absolute atomic E-state index is 0.0000927. The molecular formula is C31H56N2O5. The van der Waals surface area contributed by atoms with Crippen LogP contribution in [0.25, 0.3) is 0 Å². The average molecular weight is 537 g/mol. The normalized spacial score (nSPS) is 35.7. The second-order valence-corrected chi connectivity index (χ2v) is 12.1. The molecule has 9 atom stereocenters. The van der Waals surface area contributed by atoms with E-state index in [9.17, 15) is 15.3 Å². The van der Waals surface area contributed by atoms with Crippen molar-refractivity contribution in [1.82, 2.24) is 5.32 Å². The lowest BCUT2D eigenvalue weighted by molar-refractivity contribution is -0.0773. The van der Waals surface area contributed by atoms with Gasteiger partial charge < -0.3 is 35.8 Å². The lowest BCUT2D eigenvalue weighted by Gasteiger charge is -2.35. The monoisotopic (exact) mass is 536 g/mol. The fourth-order valence-electron chi connectivity index (χ4n) is 6.74. The van der Waals surface area contributed by atoms with Crippen molar-refractivity contribution in [3.8, 4) is 11.8 Å². The van der Waals surface area contributed by atoms with Crippen LogP contribution < -0.4 is 11.1 Å². The maximum atomic E-state index is 11.3. The molecule has 38 heavy (non-hydrogen) atoms. The second-order valence-electron chi connectivity index (χ2n) is 12.1. The van der Waals surface area contributed by atoms with E-state index in [0.29, 0.717) is 43.8 Å². The molecule has 7 heteroatoms. The maximum Gasteiger partial charge on any atom is 0.0836 e. The molecule has 2 aliphatic carbocycles. The molecule has 0 radical (unpaired) electrons. The van der Waals surface area contributed by atoms with Crippen molar-refractivity contribution in [2.45, 2.75) is 134 Å². The van der Waals surface area contributed by atoms with E-state index in [-0.39, 0.29) is 37.0 Å². The van der Waals surface area contributed by atoms with Gasteiger partial charge in [0.15, 0.2) is 0 Å². The van der Waals surface area contributed by atoms with Crippen molar-refractivity contribution in [3.05, 3.63) is 0 Å². The molecular weight excluding hydrogens is 480 g/mol. The van der Waals surface area contributed by atoms with Crippen molar-refractivity contribution in [3.63, 3.8) is 0 Å². The fraction of sp³-hybridized carbons (Fsp3) is 0.935. The van der Waals surface area contributed by atoms with Gasteiger partial charge in [0, 0.05) is 24.9 Å². The lowest BCUT2D eigenvalue weighted by atomic mass is 9.79. The highest BCUT2D eigenvalue weighted by molar-refractivity contribution is 5.06. The fourth-order valence-corrected chi connectivity index (χ4v) is 6.74. The number of hydrogen-bond acceptors (Lipinski definition) is 7. The van der Waals surface area contributed by atoms with Gasteiger partial charge in [0.1, 0.15) is 0 Å². The van der Waals surface area contributed by atoms with Crippen molar-refractivity contribution >= 4 is 0 Å². The predicted octanol–water partition coefficient (Wildman–Crippen LogP) is 3.73. The Labute approximate surface area is 231 Å². The Hall–Kier alpha value is -0.720. The number of aliphatic hydroxyl groups is 3. The number of ether oxygens (including phenoxy) is 2. The Morgan fingerprint density at radius 2 is 1.76 bits per heavy atom. The summed E-state index contributed by atoms with van der Waals surface area (Å²) in [6.07, 6.45) is 13.7. The molecule has 6 N–H and O–H groups in total. The first-order valence-electron chi connectivity index (χ1n) is 15.7. The molecule has 0 aromatic rings. The standard InChI is InChI=1S/C31H56N2O5/c1-2-23-7-3-4-11-29(38-20-18-34)26(10-5-8-23)27(35)14-12-25-13-15-28(36)30(21-25)37-19-6-9-24-16-17-33-31(32)22-24/h23-31,33-36H,2-4,6-7,9-22,32H2,1H3/t23-,24?,25?,26+,27+,28?,29-,30?,31?/m0/s1. The van der Waals surface area contributed by atoms with Crippen LogP contribution in [0.1, 0.15) is 103 Å². The van der Waals surface area contributed by atoms with E-state index in [0.717, 1.165) is 83.6 Å². The van der Waals surface area contributed by atoms with Gasteiger partial charge in [-0.15, -0.1) is 5.92 Å². The molecule has 0 aromatic heterocycles. The molecule has 0 spiro atoms. The molecule has 5 unspecified atom stereocenters. The van der Waals surface area contributed by atoms with Crippen molar-refractivity contribution < 1.29 is 24.8 Å². The van der Waals surface area contributed by atoms with Gasteiger partial charge in [0.2, 0.25) is 0 Å². The summed E-state index contributed by atoms with van der Waals surface area (Å²) in [5, 5.41) is 34.5. The molecule has 3 aliphatic rings. The quantitative estimate of drug-likeness (QED) is 0.180. The topological polar surface area (TPSA) is 117 Å². The number of aliphatic hydroxyl groups excluding tert-OH is 3. The van der Waals surface area contributed by atoms with Gasteiger partial charge in [0.25, 0.3) is 0 Å². The van der Waals surface area contributed by atoms with Gasteiger partial charge >= 0.3 is 0 Å². The van der Waals surface area contributed by atoms with Gasteiger partial charge in [-0.2, -0.15) is 0 Å². The zero-order valence-corrected chi connectivity index (χ0v) is 23.9. The maximum absolute atomic E-state index is 11.3. The van der Waals surface area contributed by atoms with Crippen LogP contribution in [0.15, 0.2) is 0 Å². The molecule has 0 bridgehead atoms. The van der Waals surface area contributed by atoms with Crippen molar-refractivity contribution in [2.24, 2.45) is 29.4 Å². The number of rotatable bonds is 13. The van der Waals surface area contributed by atoms with Gasteiger partial charge in [-0.25, -0.2) is 0 Å². The Balaban J connectivity index is 1.46. The molecule has 2 fully saturated rings. The minimum atomic E-state index is -0.477. The molecule has 3 rings (SSSR count). The minimum Gasteiger partial charge on any atom is -0.394 e. The van der Waals surface area contributed by atoms with Crippen molar-refractivity contribution in [2.75, 3.05) is 26.4 Å². The highest BCUT2D eigenvalue weighted by Crippen LogP contribution is 2.33. The summed E-state index contributed by atoms with van der Waals surface area (Å²) >= 11 is 0. The summed E-state index contributed by atoms with van der Waals surface area (Å²) in [5.74, 6) is 8.37. The molecule has 220 valence electrons. The van der Waals surface area contributed by atoms with E-state index in [1.807, 2.05) is 0 Å². The second kappa shape index (κ2) is 17.9. The summed E-state index contributed by atoms with van der Waals surface area (Å²) < 4.78 is 12.2. The summed E-state index contributed by atoms with van der Waals surface area (Å²) in [5.41, 5.74) is 6.03. The van der Waals surface area contributed by atoms with Gasteiger partial charge in [-0.05, 0) is 95.4 Å². The van der Waals surface area contributed by atoms with Crippen LogP contribution in [-0.2, 0) is 9.47 Å². The van der Waals surface area contributed by atoms with Crippen LogP contribution in [0, 0.1) is 35.5 Å². The molecule has 7 nitrogen and oxygen atoms in total. The third-order valence-electron chi connectivity index (χ3n) is 9.19. The Morgan fingerprint density at radius 1 is 0.974 bits per heavy atom. The number of nitrogens with two attached hydrogens (primary N) is 1. The van der Waals surface area contributed by atoms with Gasteiger partial charge in [0.05, 0.1) is 43.8 Å². The Morgan fingerprint density at radius 3 is 2.55 bits per heavy atom. The molecule has 0 aromatic carbocycles. The summed E-state index contributed by atoms with van der Waals surface area (Å²) in [4.78, 5) is 0. The van der Waals surface area contributed by atoms with Crippen LogP contribution in [0.3, 0.4) is 0 Å². The Kier molecular flexibility index (Phi) is 14.9. The van der Waals surface area contributed by atoms with E-state index in [1.54, 1.807) is 0 Å². The van der Waals surface area contributed by atoms with Crippen LogP contribution in [-0.4, -0.2) is 72.3 Å². The molecule has 1 heterocycles. The van der Waals surface area contributed by atoms with Crippen LogP contribution in [0.4, 0.5) is 0 Å². The average Bonchev–Trinajstić information content (AvgIpc) is 2.92. The predicted molar refractivity (Wildman–Crippen MR) is 151 cm³/mol. The highest BCUT2D eigenvalue weighted by atomic mass is 16.5. The summed E-state index contributed by atoms with van der Waals surface area (Å²) in [6, 6.07) is 0. The van der Waals surface area contributed by atoms with E-state index >= 15 is 0 Å².